The molecule has 0 saturated heterocycles. The van der Waals surface area contributed by atoms with Gasteiger partial charge in [-0.1, -0.05) is 20.8 Å². The third-order valence-electron chi connectivity index (χ3n) is 5.36. The Morgan fingerprint density at radius 1 is 1.47 bits per heavy atom. The van der Waals surface area contributed by atoms with Crippen LogP contribution in [0.15, 0.2) is 0 Å². The van der Waals surface area contributed by atoms with Crippen molar-refractivity contribution in [2.45, 2.75) is 52.7 Å². The van der Waals surface area contributed by atoms with Crippen LogP contribution in [0.2, 0.25) is 0 Å². The number of amides is 1. The highest BCUT2D eigenvalue weighted by Crippen LogP contribution is 2.65. The molecule has 0 aliphatic heterocycles. The summed E-state index contributed by atoms with van der Waals surface area (Å²) in [5.41, 5.74) is -0.0294. The number of aliphatic hydroxyl groups excluding tert-OH is 1. The van der Waals surface area contributed by atoms with Gasteiger partial charge in [0.15, 0.2) is 0 Å². The summed E-state index contributed by atoms with van der Waals surface area (Å²) in [6, 6.07) is -0.164. The van der Waals surface area contributed by atoms with E-state index < -0.39 is 12.2 Å². The van der Waals surface area contributed by atoms with E-state index in [1.165, 1.54) is 0 Å². The first kappa shape index (κ1) is 12.7. The van der Waals surface area contributed by atoms with Crippen LogP contribution in [0.1, 0.15) is 40.5 Å². The Labute approximate surface area is 103 Å². The Bertz CT molecular complexity index is 329. The molecule has 0 aromatic heterocycles. The number of nitrogens with one attached hydrogen (secondary N) is 1. The number of aliphatic hydroxyl groups is 1. The van der Waals surface area contributed by atoms with Crippen molar-refractivity contribution in [3.8, 4) is 0 Å². The second-order valence-corrected chi connectivity index (χ2v) is 6.12. The van der Waals surface area contributed by atoms with Gasteiger partial charge >= 0.3 is 6.09 Å². The maximum atomic E-state index is 11.5. The summed E-state index contributed by atoms with van der Waals surface area (Å²) in [6.07, 6.45) is 1.22. The van der Waals surface area contributed by atoms with Gasteiger partial charge in [-0.3, -0.25) is 0 Å². The predicted molar refractivity (Wildman–Crippen MR) is 64.6 cm³/mol. The molecule has 0 spiro atoms. The molecule has 2 aliphatic rings. The summed E-state index contributed by atoms with van der Waals surface area (Å²) < 4.78 is 4.90. The van der Waals surface area contributed by atoms with Crippen molar-refractivity contribution in [1.29, 1.82) is 0 Å². The third-order valence-corrected chi connectivity index (χ3v) is 5.36. The molecule has 0 heterocycles. The molecule has 2 aliphatic carbocycles. The van der Waals surface area contributed by atoms with Crippen LogP contribution in [0.4, 0.5) is 4.79 Å². The van der Waals surface area contributed by atoms with Crippen LogP contribution in [-0.2, 0) is 4.74 Å². The largest absolute Gasteiger partial charge is 0.450 e. The standard InChI is InChI=1S/C13H23NO3/c1-5-17-11(16)14-9-8-6-7-13(4,10(9)15)12(8,2)3/h8-10,15H,5-7H2,1-4H3,(H,14,16)/t8-,9+,10+,13+/m1/s1. The molecule has 2 rings (SSSR count). The maximum Gasteiger partial charge on any atom is 0.407 e. The molecule has 0 aromatic rings. The molecule has 4 atom stereocenters. The highest BCUT2D eigenvalue weighted by Gasteiger charge is 2.66. The zero-order valence-electron chi connectivity index (χ0n) is 11.1. The third kappa shape index (κ3) is 1.57. The lowest BCUT2D eigenvalue weighted by molar-refractivity contribution is -0.0000977. The van der Waals surface area contributed by atoms with Crippen LogP contribution in [-0.4, -0.2) is 30.0 Å². The van der Waals surface area contributed by atoms with Crippen molar-refractivity contribution in [3.63, 3.8) is 0 Å². The highest BCUT2D eigenvalue weighted by atomic mass is 16.5. The van der Waals surface area contributed by atoms with E-state index in [1.54, 1.807) is 6.92 Å². The number of alkyl carbamates (subject to hydrolysis) is 1. The highest BCUT2D eigenvalue weighted by molar-refractivity contribution is 5.68. The quantitative estimate of drug-likeness (QED) is 0.776. The van der Waals surface area contributed by atoms with Crippen LogP contribution in [0.25, 0.3) is 0 Å². The predicted octanol–water partition coefficient (Wildman–Crippen LogP) is 1.92. The van der Waals surface area contributed by atoms with Gasteiger partial charge in [0.05, 0.1) is 18.8 Å². The molecule has 0 radical (unpaired) electrons. The van der Waals surface area contributed by atoms with E-state index in [1.807, 2.05) is 0 Å². The first-order valence-electron chi connectivity index (χ1n) is 6.46. The molecule has 2 bridgehead atoms. The molecule has 4 nitrogen and oxygen atoms in total. The minimum Gasteiger partial charge on any atom is -0.450 e. The Balaban J connectivity index is 2.14. The lowest BCUT2D eigenvalue weighted by Crippen LogP contribution is -2.49. The van der Waals surface area contributed by atoms with E-state index in [4.69, 9.17) is 4.74 Å². The summed E-state index contributed by atoms with van der Waals surface area (Å²) in [5, 5.41) is 13.3. The molecule has 98 valence electrons. The summed E-state index contributed by atoms with van der Waals surface area (Å²) in [7, 11) is 0. The van der Waals surface area contributed by atoms with Crippen LogP contribution >= 0.6 is 0 Å². The van der Waals surface area contributed by atoms with Gasteiger partial charge in [-0.05, 0) is 31.1 Å². The van der Waals surface area contributed by atoms with Gasteiger partial charge in [0.2, 0.25) is 0 Å². The van der Waals surface area contributed by atoms with Crippen LogP contribution in [0.5, 0.6) is 0 Å². The van der Waals surface area contributed by atoms with E-state index in [0.717, 1.165) is 12.8 Å². The maximum absolute atomic E-state index is 11.5. The van der Waals surface area contributed by atoms with Gasteiger partial charge in [-0.2, -0.15) is 0 Å². The average Bonchev–Trinajstić information content (AvgIpc) is 2.53. The minimum absolute atomic E-state index is 0.0660. The van der Waals surface area contributed by atoms with Crippen molar-refractivity contribution in [3.05, 3.63) is 0 Å². The fraction of sp³-hybridized carbons (Fsp3) is 0.923. The molecule has 0 unspecified atom stereocenters. The van der Waals surface area contributed by atoms with Gasteiger partial charge < -0.3 is 15.2 Å². The SMILES string of the molecule is CCOC(=O)N[C@H]1[C@H]2CC[C@@](C)([C@H]1O)C2(C)C. The van der Waals surface area contributed by atoms with E-state index in [-0.39, 0.29) is 16.9 Å². The molecule has 2 saturated carbocycles. The molecule has 0 aromatic carbocycles. The van der Waals surface area contributed by atoms with Crippen molar-refractivity contribution < 1.29 is 14.6 Å². The van der Waals surface area contributed by atoms with E-state index in [9.17, 15) is 9.90 Å². The number of ether oxygens (including phenoxy) is 1. The molecule has 2 N–H and O–H groups in total. The smallest absolute Gasteiger partial charge is 0.407 e. The van der Waals surface area contributed by atoms with Crippen molar-refractivity contribution >= 4 is 6.09 Å². The minimum atomic E-state index is -0.472. The van der Waals surface area contributed by atoms with Crippen molar-refractivity contribution in [2.24, 2.45) is 16.7 Å². The first-order chi connectivity index (χ1) is 7.84. The fourth-order valence-corrected chi connectivity index (χ4v) is 3.82. The Kier molecular flexibility index (Phi) is 2.89. The van der Waals surface area contributed by atoms with Gasteiger partial charge in [-0.25, -0.2) is 4.79 Å². The van der Waals surface area contributed by atoms with E-state index in [0.29, 0.717) is 12.5 Å². The monoisotopic (exact) mass is 241 g/mol. The normalized spacial score (nSPS) is 42.5. The summed E-state index contributed by atoms with van der Waals surface area (Å²) >= 11 is 0. The number of carbonyl (C=O) groups excluding carboxylic acids is 1. The number of hydrogen-bond donors (Lipinski definition) is 2. The number of carbonyl (C=O) groups is 1. The number of hydrogen-bond acceptors (Lipinski definition) is 3. The first-order valence-corrected chi connectivity index (χ1v) is 6.46. The van der Waals surface area contributed by atoms with Crippen molar-refractivity contribution in [2.75, 3.05) is 6.61 Å². The molecule has 17 heavy (non-hydrogen) atoms. The van der Waals surface area contributed by atoms with Gasteiger partial charge in [0.25, 0.3) is 0 Å². The number of fused-ring (bicyclic) bond motifs is 2. The van der Waals surface area contributed by atoms with Crippen LogP contribution in [0.3, 0.4) is 0 Å². The summed E-state index contributed by atoms with van der Waals surface area (Å²) in [4.78, 5) is 11.5. The molecular weight excluding hydrogens is 218 g/mol. The fourth-order valence-electron chi connectivity index (χ4n) is 3.82. The molecule has 4 heteroatoms. The zero-order chi connectivity index (χ0) is 12.8. The van der Waals surface area contributed by atoms with Gasteiger partial charge in [0.1, 0.15) is 0 Å². The lowest BCUT2D eigenvalue weighted by Gasteiger charge is -2.37. The van der Waals surface area contributed by atoms with E-state index in [2.05, 4.69) is 26.1 Å². The second kappa shape index (κ2) is 3.87. The van der Waals surface area contributed by atoms with Crippen LogP contribution < -0.4 is 5.32 Å². The van der Waals surface area contributed by atoms with Crippen LogP contribution in [0, 0.1) is 16.7 Å². The van der Waals surface area contributed by atoms with Gasteiger partial charge in [0, 0.05) is 5.41 Å². The van der Waals surface area contributed by atoms with E-state index >= 15 is 0 Å². The summed E-state index contributed by atoms with van der Waals surface area (Å²) in [5.74, 6) is 0.340. The average molecular weight is 241 g/mol. The van der Waals surface area contributed by atoms with Gasteiger partial charge in [-0.15, -0.1) is 0 Å². The molecule has 2 fully saturated rings. The lowest BCUT2D eigenvalue weighted by atomic mass is 9.70. The molecule has 1 amide bonds. The molecular formula is C13H23NO3. The Morgan fingerprint density at radius 2 is 2.12 bits per heavy atom. The van der Waals surface area contributed by atoms with Crippen molar-refractivity contribution in [1.82, 2.24) is 5.32 Å². The Morgan fingerprint density at radius 3 is 2.59 bits per heavy atom. The topological polar surface area (TPSA) is 58.6 Å². The number of rotatable bonds is 2. The second-order valence-electron chi connectivity index (χ2n) is 6.12. The Hall–Kier alpha value is -0.770. The zero-order valence-corrected chi connectivity index (χ0v) is 11.1. The summed E-state index contributed by atoms with van der Waals surface area (Å²) in [6.45, 7) is 8.66.